The molecule has 0 bridgehead atoms. The summed E-state index contributed by atoms with van der Waals surface area (Å²) in [5.74, 6) is 0.408. The van der Waals surface area contributed by atoms with Crippen molar-refractivity contribution in [1.29, 1.82) is 0 Å². The first-order valence-electron chi connectivity index (χ1n) is 10.2. The molecule has 6 rings (SSSR count). The highest BCUT2D eigenvalue weighted by molar-refractivity contribution is 5.57. The molecule has 1 aliphatic heterocycles. The van der Waals surface area contributed by atoms with Gasteiger partial charge in [-0.15, -0.1) is 5.10 Å². The molecule has 154 valence electrons. The van der Waals surface area contributed by atoms with Crippen LogP contribution in [0.1, 0.15) is 34.3 Å². The van der Waals surface area contributed by atoms with E-state index in [2.05, 4.69) is 49.1 Å². The number of nitrogens with zero attached hydrogens (tertiary/aromatic N) is 7. The summed E-state index contributed by atoms with van der Waals surface area (Å²) in [4.78, 5) is 14.4. The Kier molecular flexibility index (Phi) is 3.89. The Morgan fingerprint density at radius 2 is 2.00 bits per heavy atom. The summed E-state index contributed by atoms with van der Waals surface area (Å²) in [5.41, 5.74) is 6.83. The zero-order valence-electron chi connectivity index (χ0n) is 17.1. The number of anilines is 1. The van der Waals surface area contributed by atoms with Crippen molar-refractivity contribution >= 4 is 11.5 Å². The molecular weight excluding hydrogens is 392 g/mol. The molecule has 9 heteroatoms. The summed E-state index contributed by atoms with van der Waals surface area (Å²) in [5, 5.41) is 13.5. The van der Waals surface area contributed by atoms with Gasteiger partial charge >= 0.3 is 6.01 Å². The molecule has 0 radical (unpaired) electrons. The smallest absolute Gasteiger partial charge is 0.319 e. The third-order valence-electron chi connectivity index (χ3n) is 5.81. The number of hydrogen-bond donors (Lipinski definition) is 1. The molecule has 5 aromatic rings. The van der Waals surface area contributed by atoms with Crippen LogP contribution in [-0.4, -0.2) is 41.3 Å². The molecule has 31 heavy (non-hydrogen) atoms. The van der Waals surface area contributed by atoms with E-state index < -0.39 is 0 Å². The SMILES string of the molecule is Cc1cccnc1-c1nnc(N2CCc3[nH]cnc3[C@H]2c2cc3c(C)cccn3n2)o1. The summed E-state index contributed by atoms with van der Waals surface area (Å²) >= 11 is 0. The Morgan fingerprint density at radius 3 is 2.87 bits per heavy atom. The first-order valence-corrected chi connectivity index (χ1v) is 10.2. The lowest BCUT2D eigenvalue weighted by Crippen LogP contribution is -2.36. The van der Waals surface area contributed by atoms with Crippen LogP contribution in [0.3, 0.4) is 0 Å². The summed E-state index contributed by atoms with van der Waals surface area (Å²) < 4.78 is 8.00. The Bertz CT molecular complexity index is 1400. The van der Waals surface area contributed by atoms with Crippen LogP contribution in [0.25, 0.3) is 17.1 Å². The minimum absolute atomic E-state index is 0.229. The fourth-order valence-corrected chi connectivity index (χ4v) is 4.23. The number of nitrogens with one attached hydrogen (secondary N) is 1. The van der Waals surface area contributed by atoms with Gasteiger partial charge in [0.25, 0.3) is 5.89 Å². The zero-order chi connectivity index (χ0) is 20.9. The molecule has 0 aliphatic carbocycles. The Morgan fingerprint density at radius 1 is 1.10 bits per heavy atom. The van der Waals surface area contributed by atoms with E-state index in [1.54, 1.807) is 12.5 Å². The summed E-state index contributed by atoms with van der Waals surface area (Å²) in [6, 6.07) is 10.3. The minimum atomic E-state index is -0.229. The summed E-state index contributed by atoms with van der Waals surface area (Å²) in [6.45, 7) is 4.76. The van der Waals surface area contributed by atoms with E-state index in [-0.39, 0.29) is 6.04 Å². The number of fused-ring (bicyclic) bond motifs is 2. The van der Waals surface area contributed by atoms with Crippen molar-refractivity contribution < 1.29 is 4.42 Å². The van der Waals surface area contributed by atoms with Crippen LogP contribution in [0.5, 0.6) is 0 Å². The fourth-order valence-electron chi connectivity index (χ4n) is 4.23. The monoisotopic (exact) mass is 412 g/mol. The van der Waals surface area contributed by atoms with Crippen LogP contribution >= 0.6 is 0 Å². The first-order chi connectivity index (χ1) is 15.2. The number of H-pyrrole nitrogens is 1. The van der Waals surface area contributed by atoms with E-state index in [9.17, 15) is 0 Å². The molecule has 0 amide bonds. The molecule has 1 aliphatic rings. The van der Waals surface area contributed by atoms with Gasteiger partial charge in [-0.25, -0.2) is 9.50 Å². The van der Waals surface area contributed by atoms with Crippen LogP contribution in [0.4, 0.5) is 6.01 Å². The Balaban J connectivity index is 1.46. The van der Waals surface area contributed by atoms with Gasteiger partial charge in [0, 0.05) is 31.1 Å². The number of rotatable bonds is 3. The van der Waals surface area contributed by atoms with Crippen molar-refractivity contribution in [2.75, 3.05) is 11.4 Å². The molecule has 1 N–H and O–H groups in total. The van der Waals surface area contributed by atoms with Gasteiger partial charge in [-0.05, 0) is 43.2 Å². The van der Waals surface area contributed by atoms with Crippen molar-refractivity contribution in [3.05, 3.63) is 77.3 Å². The van der Waals surface area contributed by atoms with E-state index in [0.717, 1.165) is 40.1 Å². The van der Waals surface area contributed by atoms with E-state index in [1.165, 1.54) is 0 Å². The topological polar surface area (TPSA) is 101 Å². The van der Waals surface area contributed by atoms with E-state index in [1.807, 2.05) is 35.8 Å². The van der Waals surface area contributed by atoms with Crippen molar-refractivity contribution in [3.63, 3.8) is 0 Å². The second kappa shape index (κ2) is 6.76. The predicted octanol–water partition coefficient (Wildman–Crippen LogP) is 3.27. The number of aromatic nitrogens is 7. The van der Waals surface area contributed by atoms with Crippen LogP contribution in [-0.2, 0) is 6.42 Å². The van der Waals surface area contributed by atoms with Crippen LogP contribution in [0, 0.1) is 13.8 Å². The average Bonchev–Trinajstić information content (AvgIpc) is 3.52. The lowest BCUT2D eigenvalue weighted by Gasteiger charge is -2.32. The number of aromatic amines is 1. The Labute approximate surface area is 177 Å². The van der Waals surface area contributed by atoms with Gasteiger partial charge in [0.1, 0.15) is 11.7 Å². The molecule has 0 spiro atoms. The normalized spacial score (nSPS) is 16.1. The van der Waals surface area contributed by atoms with Crippen molar-refractivity contribution in [3.8, 4) is 11.6 Å². The highest BCUT2D eigenvalue weighted by Gasteiger charge is 2.36. The first kappa shape index (κ1) is 17.8. The third kappa shape index (κ3) is 2.81. The number of pyridine rings is 2. The van der Waals surface area contributed by atoms with Gasteiger partial charge in [0.2, 0.25) is 0 Å². The molecule has 5 aromatic heterocycles. The van der Waals surface area contributed by atoms with E-state index in [0.29, 0.717) is 24.1 Å². The molecule has 0 saturated heterocycles. The van der Waals surface area contributed by atoms with Gasteiger partial charge in [-0.1, -0.05) is 17.2 Å². The molecule has 0 fully saturated rings. The minimum Gasteiger partial charge on any atom is -0.402 e. The third-order valence-corrected chi connectivity index (χ3v) is 5.81. The van der Waals surface area contributed by atoms with Gasteiger partial charge in [-0.3, -0.25) is 4.98 Å². The van der Waals surface area contributed by atoms with Gasteiger partial charge < -0.3 is 14.3 Å². The van der Waals surface area contributed by atoms with Gasteiger partial charge in [-0.2, -0.15) is 5.10 Å². The second-order valence-corrected chi connectivity index (χ2v) is 7.76. The number of hydrogen-bond acceptors (Lipinski definition) is 7. The predicted molar refractivity (Wildman–Crippen MR) is 114 cm³/mol. The quantitative estimate of drug-likeness (QED) is 0.485. The van der Waals surface area contributed by atoms with Crippen molar-refractivity contribution in [1.82, 2.24) is 34.8 Å². The number of imidazole rings is 1. The maximum Gasteiger partial charge on any atom is 0.319 e. The van der Waals surface area contributed by atoms with Crippen molar-refractivity contribution in [2.45, 2.75) is 26.3 Å². The molecular formula is C22H20N8O. The lowest BCUT2D eigenvalue weighted by atomic mass is 10.00. The van der Waals surface area contributed by atoms with E-state index in [4.69, 9.17) is 9.52 Å². The summed E-state index contributed by atoms with van der Waals surface area (Å²) in [7, 11) is 0. The highest BCUT2D eigenvalue weighted by atomic mass is 16.4. The van der Waals surface area contributed by atoms with Crippen LogP contribution in [0.15, 0.2) is 53.5 Å². The maximum atomic E-state index is 6.10. The lowest BCUT2D eigenvalue weighted by molar-refractivity contribution is 0.502. The van der Waals surface area contributed by atoms with Crippen LogP contribution in [0.2, 0.25) is 0 Å². The average molecular weight is 412 g/mol. The van der Waals surface area contributed by atoms with Crippen LogP contribution < -0.4 is 4.90 Å². The molecule has 9 nitrogen and oxygen atoms in total. The number of aryl methyl sites for hydroxylation is 2. The standard InChI is InChI=1S/C22H20N8O/c1-13-6-4-9-30-17(13)11-16(28-30)20-19-15(24-12-25-19)7-10-29(20)22-27-26-21(31-22)18-14(2)5-3-8-23-18/h3-6,8-9,11-12,20H,7,10H2,1-2H3,(H,24,25)/t20-/m1/s1. The maximum absolute atomic E-state index is 6.10. The Hall–Kier alpha value is -4.01. The van der Waals surface area contributed by atoms with Gasteiger partial charge in [0.15, 0.2) is 0 Å². The molecule has 0 unspecified atom stereocenters. The summed E-state index contributed by atoms with van der Waals surface area (Å²) in [6.07, 6.45) is 6.22. The molecule has 0 aromatic carbocycles. The molecule has 1 atom stereocenters. The fraction of sp³-hybridized carbons (Fsp3) is 0.227. The van der Waals surface area contributed by atoms with Crippen molar-refractivity contribution in [2.24, 2.45) is 0 Å². The van der Waals surface area contributed by atoms with E-state index >= 15 is 0 Å². The largest absolute Gasteiger partial charge is 0.402 e. The second-order valence-electron chi connectivity index (χ2n) is 7.76. The van der Waals surface area contributed by atoms with Gasteiger partial charge in [0.05, 0.1) is 23.2 Å². The highest BCUT2D eigenvalue weighted by Crippen LogP contribution is 2.37. The molecule has 0 saturated carbocycles. The molecule has 6 heterocycles. The zero-order valence-corrected chi connectivity index (χ0v) is 17.1.